The van der Waals surface area contributed by atoms with Gasteiger partial charge in [0.15, 0.2) is 0 Å². The normalized spacial score (nSPS) is 7.90. The van der Waals surface area contributed by atoms with Crippen molar-refractivity contribution < 1.29 is 132 Å². The van der Waals surface area contributed by atoms with Gasteiger partial charge in [-0.25, -0.2) is 0 Å². The van der Waals surface area contributed by atoms with E-state index in [0.29, 0.717) is 0 Å². The van der Waals surface area contributed by atoms with Crippen LogP contribution in [0, 0.1) is 0 Å². The molecule has 0 aliphatic rings. The second kappa shape index (κ2) is 24.8. The second-order valence-corrected chi connectivity index (χ2v) is 7.71. The zero-order valence-electron chi connectivity index (χ0n) is 10.7. The molecule has 0 aliphatic carbocycles. The van der Waals surface area contributed by atoms with Gasteiger partial charge in [0.25, 0.3) is 0 Å². The number of alkyl halides is 2. The van der Waals surface area contributed by atoms with Gasteiger partial charge in [-0.05, 0) is 7.60 Å². The molecule has 0 fully saturated rings. The van der Waals surface area contributed by atoms with Crippen LogP contribution in [0.3, 0.4) is 0 Å². The van der Waals surface area contributed by atoms with Gasteiger partial charge in [0.05, 0.1) is 0 Å². The molecule has 14 nitrogen and oxygen atoms in total. The van der Waals surface area contributed by atoms with Crippen molar-refractivity contribution in [1.82, 2.24) is 0 Å². The molecule has 20 heteroatoms. The Hall–Kier alpha value is 2.56. The first-order valence-corrected chi connectivity index (χ1v) is 5.87. The van der Waals surface area contributed by atoms with E-state index in [0.717, 1.165) is 0 Å². The first-order chi connectivity index (χ1) is 4.50. The maximum Gasteiger partial charge on any atom is 1.00 e. The minimum absolute atomic E-state index is 0. The van der Waals surface area contributed by atoms with Crippen LogP contribution in [0.1, 0.15) is 0 Å². The fraction of sp³-hybridized carbons (Fsp3) is 1.00. The third kappa shape index (κ3) is 22.6. The monoisotopic (exact) mass is 432 g/mol. The van der Waals surface area contributed by atoms with Gasteiger partial charge in [-0.1, -0.05) is 23.2 Å². The molecule has 0 aromatic heterocycles. The summed E-state index contributed by atoms with van der Waals surface area (Å²) in [7, 11) is -11.1. The molecule has 0 unspecified atom stereocenters. The average molecular weight is 433 g/mol. The van der Waals surface area contributed by atoms with Gasteiger partial charge in [-0.3, -0.25) is 4.57 Å². The van der Waals surface area contributed by atoms with Crippen molar-refractivity contribution in [2.75, 3.05) is 0 Å². The SMILES string of the molecule is O.O.O.O.O.O.O.O.O=P([O-])([O-])C(Cl)(Cl)P(=O)(O)O.[Na+].[Na+]. The fourth-order valence-corrected chi connectivity index (χ4v) is 1.44. The summed E-state index contributed by atoms with van der Waals surface area (Å²) in [5.41, 5.74) is 0. The summed E-state index contributed by atoms with van der Waals surface area (Å²) in [6, 6.07) is 0. The molecule has 0 amide bonds. The summed E-state index contributed by atoms with van der Waals surface area (Å²) in [5, 5.41) is 0. The second-order valence-electron chi connectivity index (χ2n) is 1.55. The van der Waals surface area contributed by atoms with Crippen molar-refractivity contribution in [3.8, 4) is 0 Å². The number of rotatable bonds is 2. The average Bonchev–Trinajstić information content (AvgIpc) is 1.58. The summed E-state index contributed by atoms with van der Waals surface area (Å²) >= 11 is 9.21. The zero-order chi connectivity index (χ0) is 9.50. The first-order valence-electron chi connectivity index (χ1n) is 1.96. The molecule has 0 heterocycles. The van der Waals surface area contributed by atoms with Gasteiger partial charge in [0.1, 0.15) is 0 Å². The Balaban J connectivity index is -0.0000000111. The van der Waals surface area contributed by atoms with Crippen LogP contribution >= 0.6 is 38.4 Å². The molecule has 0 aromatic carbocycles. The van der Waals surface area contributed by atoms with Crippen molar-refractivity contribution in [3.63, 3.8) is 0 Å². The fourth-order valence-electron chi connectivity index (χ4n) is 0.160. The molecule has 0 atom stereocenters. The molecule has 132 valence electrons. The minimum Gasteiger partial charge on any atom is -0.808 e. The van der Waals surface area contributed by atoms with E-state index in [9.17, 15) is 18.9 Å². The van der Waals surface area contributed by atoms with E-state index in [1.54, 1.807) is 0 Å². The van der Waals surface area contributed by atoms with Crippen LogP contribution in [0.5, 0.6) is 0 Å². The number of halogens is 2. The van der Waals surface area contributed by atoms with E-state index >= 15 is 0 Å². The quantitative estimate of drug-likeness (QED) is 0.241. The van der Waals surface area contributed by atoms with Crippen LogP contribution in [0.25, 0.3) is 0 Å². The van der Waals surface area contributed by atoms with Gasteiger partial charge in [-0.2, -0.15) is 0 Å². The molecule has 0 aromatic rings. The Kier molecular flexibility index (Phi) is 89.8. The molecule has 0 saturated heterocycles. The Morgan fingerprint density at radius 3 is 0.857 bits per heavy atom. The molecular formula is CH18Cl2Na2O14P2. The van der Waals surface area contributed by atoms with Crippen LogP contribution in [0.15, 0.2) is 0 Å². The molecular weight excluding hydrogens is 415 g/mol. The molecule has 0 bridgehead atoms. The van der Waals surface area contributed by atoms with E-state index in [1.165, 1.54) is 0 Å². The molecule has 0 aliphatic heterocycles. The maximum absolute atomic E-state index is 10.2. The molecule has 0 rings (SSSR count). The maximum atomic E-state index is 10.2. The number of hydrogen-bond acceptors (Lipinski definition) is 4. The largest absolute Gasteiger partial charge is 1.00 e. The van der Waals surface area contributed by atoms with Crippen LogP contribution in [-0.4, -0.2) is 57.4 Å². The molecule has 18 N–H and O–H groups in total. The third-order valence-corrected chi connectivity index (χ3v) is 6.12. The van der Waals surface area contributed by atoms with Gasteiger partial charge in [-0.15, -0.1) is 0 Å². The standard InChI is InChI=1S/CH4Cl2O6P2.2Na.8H2O/c2-1(3,10(4,5)6)11(7,8)9;;;;;;;;;;/h(H2,4,5,6)(H2,7,8,9);;;8*1H2/q;2*+1;;;;;;;;/p-2. The van der Waals surface area contributed by atoms with Gasteiger partial charge in [0.2, 0.25) is 3.82 Å². The van der Waals surface area contributed by atoms with Crippen LogP contribution in [-0.2, 0) is 9.13 Å². The Morgan fingerprint density at radius 1 is 0.714 bits per heavy atom. The van der Waals surface area contributed by atoms with Crippen LogP contribution < -0.4 is 68.9 Å². The molecule has 0 saturated carbocycles. The molecule has 0 radical (unpaired) electrons. The van der Waals surface area contributed by atoms with E-state index in [-0.39, 0.29) is 103 Å². The topological polar surface area (TPSA) is 373 Å². The van der Waals surface area contributed by atoms with E-state index in [1.807, 2.05) is 0 Å². The molecule has 0 spiro atoms. The Bertz CT molecular complexity index is 225. The van der Waals surface area contributed by atoms with Crippen molar-refractivity contribution in [1.29, 1.82) is 0 Å². The summed E-state index contributed by atoms with van der Waals surface area (Å²) in [6.45, 7) is 0. The third-order valence-electron chi connectivity index (χ3n) is 0.680. The Labute approximate surface area is 172 Å². The summed E-state index contributed by atoms with van der Waals surface area (Å²) in [4.78, 5) is 36.3. The van der Waals surface area contributed by atoms with E-state index < -0.39 is 19.0 Å². The minimum atomic E-state index is -5.72. The van der Waals surface area contributed by atoms with Crippen molar-refractivity contribution in [2.45, 2.75) is 3.82 Å². The van der Waals surface area contributed by atoms with Gasteiger partial charge in [0, 0.05) is 0 Å². The van der Waals surface area contributed by atoms with Crippen molar-refractivity contribution in [2.24, 2.45) is 0 Å². The van der Waals surface area contributed by atoms with Crippen LogP contribution in [0.4, 0.5) is 0 Å². The van der Waals surface area contributed by atoms with E-state index in [2.05, 4.69) is 23.2 Å². The van der Waals surface area contributed by atoms with Crippen LogP contribution in [0.2, 0.25) is 0 Å². The zero-order valence-corrected chi connectivity index (χ0v) is 18.0. The van der Waals surface area contributed by atoms with Crippen molar-refractivity contribution >= 4 is 38.4 Å². The Morgan fingerprint density at radius 2 is 0.857 bits per heavy atom. The summed E-state index contributed by atoms with van der Waals surface area (Å²) < 4.78 is 16.6. The van der Waals surface area contributed by atoms with E-state index in [4.69, 9.17) is 9.79 Å². The van der Waals surface area contributed by atoms with Gasteiger partial charge >= 0.3 is 66.7 Å². The first kappa shape index (κ1) is 76.0. The van der Waals surface area contributed by atoms with Gasteiger partial charge < -0.3 is 67.9 Å². The predicted molar refractivity (Wildman–Crippen MR) is 63.0 cm³/mol. The summed E-state index contributed by atoms with van der Waals surface area (Å²) in [5.74, 6) is 0. The summed E-state index contributed by atoms with van der Waals surface area (Å²) in [6.07, 6.45) is 0. The smallest absolute Gasteiger partial charge is 0.808 e. The predicted octanol–water partition coefficient (Wildman–Crippen LogP) is -13.4. The molecule has 21 heavy (non-hydrogen) atoms. The van der Waals surface area contributed by atoms with Crippen molar-refractivity contribution in [3.05, 3.63) is 0 Å². The number of hydrogen-bond donors (Lipinski definition) is 2.